The van der Waals surface area contributed by atoms with E-state index < -0.39 is 0 Å². The number of nitrogens with two attached hydrogens (primary N) is 1. The lowest BCUT2D eigenvalue weighted by atomic mass is 10.0. The Hall–Kier alpha value is -0.970. The fraction of sp³-hybridized carbons (Fsp3) is 0.500. The average Bonchev–Trinajstić information content (AvgIpc) is 2.30. The van der Waals surface area contributed by atoms with E-state index in [1.807, 2.05) is 6.07 Å². The highest BCUT2D eigenvalue weighted by molar-refractivity contribution is 5.17. The molecule has 4 heteroatoms. The van der Waals surface area contributed by atoms with Gasteiger partial charge in [-0.1, -0.05) is 12.1 Å². The van der Waals surface area contributed by atoms with Gasteiger partial charge in [0.1, 0.15) is 5.82 Å². The highest BCUT2D eigenvalue weighted by Gasteiger charge is 2.22. The van der Waals surface area contributed by atoms with E-state index >= 15 is 0 Å². The molecule has 2 atom stereocenters. The normalized spacial score (nSPS) is 23.0. The van der Waals surface area contributed by atoms with Gasteiger partial charge < -0.3 is 15.2 Å². The summed E-state index contributed by atoms with van der Waals surface area (Å²) >= 11 is 0. The minimum atomic E-state index is -0.231. The molecule has 1 aliphatic rings. The topological polar surface area (TPSA) is 44.5 Å². The van der Waals surface area contributed by atoms with Crippen LogP contribution in [0, 0.1) is 5.82 Å². The van der Waals surface area contributed by atoms with Crippen LogP contribution in [0.5, 0.6) is 0 Å². The van der Waals surface area contributed by atoms with Crippen molar-refractivity contribution < 1.29 is 13.9 Å². The molecule has 1 saturated heterocycles. The first kappa shape index (κ1) is 11.5. The Kier molecular flexibility index (Phi) is 3.88. The second-order valence-corrected chi connectivity index (χ2v) is 3.98. The molecule has 0 aromatic heterocycles. The van der Waals surface area contributed by atoms with E-state index in [0.29, 0.717) is 26.2 Å². The molecule has 1 aromatic rings. The smallest absolute Gasteiger partial charge is 0.123 e. The van der Waals surface area contributed by atoms with Crippen LogP contribution in [0.4, 0.5) is 4.39 Å². The Labute approximate surface area is 94.3 Å². The molecule has 0 radical (unpaired) electrons. The molecule has 0 saturated carbocycles. The van der Waals surface area contributed by atoms with Crippen molar-refractivity contribution in [1.82, 2.24) is 0 Å². The Balaban J connectivity index is 1.93. The third-order valence-corrected chi connectivity index (χ3v) is 2.68. The molecule has 2 N–H and O–H groups in total. The van der Waals surface area contributed by atoms with Crippen molar-refractivity contribution in [2.45, 2.75) is 18.6 Å². The molecule has 1 aliphatic heterocycles. The van der Waals surface area contributed by atoms with Crippen molar-refractivity contribution in [3.05, 3.63) is 35.6 Å². The lowest BCUT2D eigenvalue weighted by Gasteiger charge is -2.28. The van der Waals surface area contributed by atoms with Crippen LogP contribution >= 0.6 is 0 Å². The molecule has 0 bridgehead atoms. The molecular formula is C12H16FNO2. The van der Waals surface area contributed by atoms with Crippen molar-refractivity contribution in [3.8, 4) is 0 Å². The fourth-order valence-corrected chi connectivity index (χ4v) is 1.82. The van der Waals surface area contributed by atoms with Crippen molar-refractivity contribution in [1.29, 1.82) is 0 Å². The van der Waals surface area contributed by atoms with Gasteiger partial charge in [-0.3, -0.25) is 0 Å². The van der Waals surface area contributed by atoms with Gasteiger partial charge >= 0.3 is 0 Å². The molecule has 1 heterocycles. The monoisotopic (exact) mass is 225 g/mol. The Bertz CT molecular complexity index is 340. The van der Waals surface area contributed by atoms with Gasteiger partial charge in [0.15, 0.2) is 0 Å². The van der Waals surface area contributed by atoms with E-state index in [1.54, 1.807) is 6.07 Å². The van der Waals surface area contributed by atoms with Crippen LogP contribution in [-0.4, -0.2) is 32.0 Å². The number of hydrogen-bond donors (Lipinski definition) is 1. The third kappa shape index (κ3) is 3.01. The predicted molar refractivity (Wildman–Crippen MR) is 58.6 cm³/mol. The largest absolute Gasteiger partial charge is 0.376 e. The Morgan fingerprint density at radius 1 is 1.44 bits per heavy atom. The van der Waals surface area contributed by atoms with Gasteiger partial charge in [-0.15, -0.1) is 0 Å². The Morgan fingerprint density at radius 2 is 2.31 bits per heavy atom. The summed E-state index contributed by atoms with van der Waals surface area (Å²) in [7, 11) is 0. The summed E-state index contributed by atoms with van der Waals surface area (Å²) < 4.78 is 23.7. The number of rotatable bonds is 3. The van der Waals surface area contributed by atoms with Crippen LogP contribution in [0.3, 0.4) is 0 Å². The molecule has 2 rings (SSSR count). The van der Waals surface area contributed by atoms with Crippen LogP contribution in [0.2, 0.25) is 0 Å². The van der Waals surface area contributed by atoms with Gasteiger partial charge in [0.2, 0.25) is 0 Å². The molecule has 1 fully saturated rings. The van der Waals surface area contributed by atoms with E-state index in [0.717, 1.165) is 5.56 Å². The summed E-state index contributed by atoms with van der Waals surface area (Å²) in [4.78, 5) is 0. The zero-order chi connectivity index (χ0) is 11.4. The molecule has 1 aromatic carbocycles. The average molecular weight is 225 g/mol. The van der Waals surface area contributed by atoms with E-state index in [1.165, 1.54) is 12.1 Å². The van der Waals surface area contributed by atoms with Gasteiger partial charge in [-0.05, 0) is 24.1 Å². The van der Waals surface area contributed by atoms with Gasteiger partial charge in [-0.2, -0.15) is 0 Å². The van der Waals surface area contributed by atoms with E-state index in [4.69, 9.17) is 15.2 Å². The van der Waals surface area contributed by atoms with Crippen LogP contribution in [0.1, 0.15) is 5.56 Å². The number of hydrogen-bond acceptors (Lipinski definition) is 3. The van der Waals surface area contributed by atoms with E-state index in [2.05, 4.69) is 0 Å². The summed E-state index contributed by atoms with van der Waals surface area (Å²) in [6.07, 6.45) is 0.517. The van der Waals surface area contributed by atoms with Crippen molar-refractivity contribution in [2.75, 3.05) is 19.8 Å². The quantitative estimate of drug-likeness (QED) is 0.838. The molecule has 3 nitrogen and oxygen atoms in total. The summed E-state index contributed by atoms with van der Waals surface area (Å²) in [5, 5.41) is 0. The first-order valence-corrected chi connectivity index (χ1v) is 5.45. The molecular weight excluding hydrogens is 209 g/mol. The maximum atomic E-state index is 13.0. The first-order chi connectivity index (χ1) is 7.75. The molecule has 0 aliphatic carbocycles. The maximum absolute atomic E-state index is 13.0. The van der Waals surface area contributed by atoms with Gasteiger partial charge in [0.25, 0.3) is 0 Å². The second-order valence-electron chi connectivity index (χ2n) is 3.98. The second kappa shape index (κ2) is 5.39. The van der Waals surface area contributed by atoms with Crippen molar-refractivity contribution in [3.63, 3.8) is 0 Å². The van der Waals surface area contributed by atoms with Gasteiger partial charge in [0.05, 0.1) is 25.9 Å². The Morgan fingerprint density at radius 3 is 3.00 bits per heavy atom. The lowest BCUT2D eigenvalue weighted by Crippen LogP contribution is -2.44. The predicted octanol–water partition coefficient (Wildman–Crippen LogP) is 1.11. The summed E-state index contributed by atoms with van der Waals surface area (Å²) in [6, 6.07) is 6.34. The summed E-state index contributed by atoms with van der Waals surface area (Å²) in [6.45, 7) is 1.74. The highest BCUT2D eigenvalue weighted by Crippen LogP contribution is 2.11. The zero-order valence-electron chi connectivity index (χ0n) is 9.06. The number of ether oxygens (including phenoxy) is 2. The lowest BCUT2D eigenvalue weighted by molar-refractivity contribution is -0.0967. The maximum Gasteiger partial charge on any atom is 0.123 e. The molecule has 88 valence electrons. The van der Waals surface area contributed by atoms with Gasteiger partial charge in [-0.25, -0.2) is 4.39 Å². The standard InChI is InChI=1S/C12H16FNO2/c13-10-3-1-2-9(6-10)7-11(14)12-8-15-4-5-16-12/h1-3,6,11-12H,4-5,7-8,14H2. The first-order valence-electron chi connectivity index (χ1n) is 5.45. The molecule has 16 heavy (non-hydrogen) atoms. The fourth-order valence-electron chi connectivity index (χ4n) is 1.82. The molecule has 0 spiro atoms. The van der Waals surface area contributed by atoms with Crippen LogP contribution < -0.4 is 5.73 Å². The molecule has 2 unspecified atom stereocenters. The van der Waals surface area contributed by atoms with Crippen molar-refractivity contribution in [2.24, 2.45) is 5.73 Å². The van der Waals surface area contributed by atoms with Crippen LogP contribution in [0.15, 0.2) is 24.3 Å². The van der Waals surface area contributed by atoms with Gasteiger partial charge in [0, 0.05) is 6.04 Å². The summed E-state index contributed by atoms with van der Waals surface area (Å²) in [5.41, 5.74) is 6.89. The van der Waals surface area contributed by atoms with E-state index in [-0.39, 0.29) is 18.0 Å². The zero-order valence-corrected chi connectivity index (χ0v) is 9.06. The highest BCUT2D eigenvalue weighted by atomic mass is 19.1. The van der Waals surface area contributed by atoms with E-state index in [9.17, 15) is 4.39 Å². The van der Waals surface area contributed by atoms with Crippen LogP contribution in [0.25, 0.3) is 0 Å². The van der Waals surface area contributed by atoms with Crippen LogP contribution in [-0.2, 0) is 15.9 Å². The number of halogens is 1. The number of benzene rings is 1. The third-order valence-electron chi connectivity index (χ3n) is 2.68. The van der Waals surface area contributed by atoms with Crippen molar-refractivity contribution >= 4 is 0 Å². The SMILES string of the molecule is NC(Cc1cccc(F)c1)C1COCCO1. The summed E-state index contributed by atoms with van der Waals surface area (Å²) in [5.74, 6) is -0.231. The minimum absolute atomic E-state index is 0.0861. The minimum Gasteiger partial charge on any atom is -0.376 e. The molecule has 0 amide bonds.